The van der Waals surface area contributed by atoms with Crippen LogP contribution in [-0.4, -0.2) is 21.4 Å². The lowest BCUT2D eigenvalue weighted by molar-refractivity contribution is -0.128. The number of hydrogen-bond donors (Lipinski definition) is 0. The topological polar surface area (TPSA) is 25.2 Å². The number of nitrogens with zero attached hydrogens (tertiary/aromatic N) is 2. The fourth-order valence-electron chi connectivity index (χ4n) is 3.27. The van der Waals surface area contributed by atoms with E-state index in [9.17, 15) is 4.79 Å². The lowest BCUT2D eigenvalue weighted by Gasteiger charge is -2.26. The Balaban J connectivity index is 1.73. The maximum absolute atomic E-state index is 12.8. The summed E-state index contributed by atoms with van der Waals surface area (Å²) in [4.78, 5) is 14.7. The largest absolute Gasteiger partial charge is 0.345 e. The molecule has 0 fully saturated rings. The van der Waals surface area contributed by atoms with Gasteiger partial charge in [-0.3, -0.25) is 4.79 Å². The molecule has 3 rings (SSSR count). The lowest BCUT2D eigenvalue weighted by Crippen LogP contribution is -2.35. The minimum Gasteiger partial charge on any atom is -0.345 e. The first-order chi connectivity index (χ1) is 13.5. The van der Waals surface area contributed by atoms with Gasteiger partial charge in [0, 0.05) is 30.6 Å². The van der Waals surface area contributed by atoms with Gasteiger partial charge >= 0.3 is 0 Å². The number of amides is 1. The van der Waals surface area contributed by atoms with Crippen molar-refractivity contribution in [2.75, 3.05) is 0 Å². The van der Waals surface area contributed by atoms with Crippen molar-refractivity contribution in [1.29, 1.82) is 0 Å². The molecule has 144 valence electrons. The average Bonchev–Trinajstić information content (AvgIpc) is 3.11. The highest BCUT2D eigenvalue weighted by molar-refractivity contribution is 5.91. The van der Waals surface area contributed by atoms with Crippen LogP contribution in [0.1, 0.15) is 36.2 Å². The third kappa shape index (κ3) is 5.23. The Morgan fingerprint density at radius 1 is 1.04 bits per heavy atom. The molecule has 0 spiro atoms. The zero-order chi connectivity index (χ0) is 19.9. The van der Waals surface area contributed by atoms with Crippen LogP contribution < -0.4 is 0 Å². The Hall–Kier alpha value is -3.07. The van der Waals surface area contributed by atoms with E-state index in [2.05, 4.69) is 61.9 Å². The van der Waals surface area contributed by atoms with Crippen LogP contribution in [0, 0.1) is 6.92 Å². The van der Waals surface area contributed by atoms with E-state index in [-0.39, 0.29) is 11.9 Å². The SMILES string of the molecule is Cc1cccc(Cn2cccc2CN(C(=O)C=Cc2ccccc2)C(C)C)c1. The van der Waals surface area contributed by atoms with Crippen LogP contribution in [0.5, 0.6) is 0 Å². The summed E-state index contributed by atoms with van der Waals surface area (Å²) in [7, 11) is 0. The molecule has 0 aliphatic carbocycles. The molecule has 0 aliphatic rings. The number of benzene rings is 2. The van der Waals surface area contributed by atoms with Crippen molar-refractivity contribution in [3.05, 3.63) is 101 Å². The first-order valence-electron chi connectivity index (χ1n) is 9.76. The quantitative estimate of drug-likeness (QED) is 0.517. The fourth-order valence-corrected chi connectivity index (χ4v) is 3.27. The second kappa shape index (κ2) is 9.23. The number of hydrogen-bond acceptors (Lipinski definition) is 1. The summed E-state index contributed by atoms with van der Waals surface area (Å²) in [5, 5.41) is 0. The molecule has 1 aromatic heterocycles. The third-order valence-corrected chi connectivity index (χ3v) is 4.82. The normalized spacial score (nSPS) is 11.3. The van der Waals surface area contributed by atoms with Crippen LogP contribution in [0.25, 0.3) is 6.08 Å². The van der Waals surface area contributed by atoms with Gasteiger partial charge in [0.25, 0.3) is 0 Å². The van der Waals surface area contributed by atoms with Crippen molar-refractivity contribution >= 4 is 12.0 Å². The molecule has 3 nitrogen and oxygen atoms in total. The molecular formula is C25H28N2O. The van der Waals surface area contributed by atoms with Crippen molar-refractivity contribution in [2.45, 2.75) is 39.9 Å². The van der Waals surface area contributed by atoms with Crippen molar-refractivity contribution in [3.8, 4) is 0 Å². The predicted octanol–water partition coefficient (Wildman–Crippen LogP) is 5.30. The smallest absolute Gasteiger partial charge is 0.247 e. The van der Waals surface area contributed by atoms with Gasteiger partial charge in [0.15, 0.2) is 0 Å². The molecule has 3 heteroatoms. The van der Waals surface area contributed by atoms with Crippen molar-refractivity contribution < 1.29 is 4.79 Å². The zero-order valence-electron chi connectivity index (χ0n) is 16.9. The summed E-state index contributed by atoms with van der Waals surface area (Å²) >= 11 is 0. The Morgan fingerprint density at radius 3 is 2.54 bits per heavy atom. The molecular weight excluding hydrogens is 344 g/mol. The molecule has 3 aromatic rings. The molecule has 0 bridgehead atoms. The Kier molecular flexibility index (Phi) is 6.49. The van der Waals surface area contributed by atoms with Crippen LogP contribution in [0.3, 0.4) is 0 Å². The molecule has 0 saturated carbocycles. The molecule has 1 amide bonds. The first-order valence-corrected chi connectivity index (χ1v) is 9.76. The highest BCUT2D eigenvalue weighted by Gasteiger charge is 2.16. The molecule has 0 aliphatic heterocycles. The molecule has 0 radical (unpaired) electrons. The van der Waals surface area contributed by atoms with Gasteiger partial charge in [0.05, 0.1) is 6.54 Å². The maximum atomic E-state index is 12.8. The average molecular weight is 373 g/mol. The Morgan fingerprint density at radius 2 is 1.82 bits per heavy atom. The highest BCUT2D eigenvalue weighted by atomic mass is 16.2. The summed E-state index contributed by atoms with van der Waals surface area (Å²) in [5.74, 6) is 0.0298. The molecule has 0 N–H and O–H groups in total. The second-order valence-electron chi connectivity index (χ2n) is 7.42. The number of aromatic nitrogens is 1. The summed E-state index contributed by atoms with van der Waals surface area (Å²) in [5.41, 5.74) is 4.69. The van der Waals surface area contributed by atoms with Gasteiger partial charge in [-0.1, -0.05) is 60.2 Å². The fraction of sp³-hybridized carbons (Fsp3) is 0.240. The number of rotatable bonds is 7. The van der Waals surface area contributed by atoms with E-state index in [1.807, 2.05) is 47.4 Å². The van der Waals surface area contributed by atoms with Gasteiger partial charge < -0.3 is 9.47 Å². The van der Waals surface area contributed by atoms with E-state index in [0.717, 1.165) is 17.8 Å². The molecule has 2 aromatic carbocycles. The van der Waals surface area contributed by atoms with Gasteiger partial charge in [-0.05, 0) is 50.1 Å². The van der Waals surface area contributed by atoms with Crippen molar-refractivity contribution in [3.63, 3.8) is 0 Å². The minimum absolute atomic E-state index is 0.0298. The molecule has 0 atom stereocenters. The standard InChI is InChI=1S/C25H28N2O/c1-20(2)27(25(28)15-14-22-10-5-4-6-11-22)19-24-13-8-16-26(24)18-23-12-7-9-21(3)17-23/h4-17,20H,18-19H2,1-3H3. The van der Waals surface area contributed by atoms with E-state index < -0.39 is 0 Å². The molecule has 1 heterocycles. The van der Waals surface area contributed by atoms with Crippen LogP contribution in [0.15, 0.2) is 79.0 Å². The van der Waals surface area contributed by atoms with Gasteiger partial charge in [-0.15, -0.1) is 0 Å². The van der Waals surface area contributed by atoms with E-state index in [4.69, 9.17) is 0 Å². The molecule has 28 heavy (non-hydrogen) atoms. The van der Waals surface area contributed by atoms with E-state index in [1.54, 1.807) is 6.08 Å². The molecule has 0 saturated heterocycles. The summed E-state index contributed by atoms with van der Waals surface area (Å²) in [6.07, 6.45) is 5.63. The third-order valence-electron chi connectivity index (χ3n) is 4.82. The highest BCUT2D eigenvalue weighted by Crippen LogP contribution is 2.14. The zero-order valence-corrected chi connectivity index (χ0v) is 16.9. The van der Waals surface area contributed by atoms with Gasteiger partial charge in [0.1, 0.15) is 0 Å². The summed E-state index contributed by atoms with van der Waals surface area (Å²) in [6.45, 7) is 7.63. The van der Waals surface area contributed by atoms with Crippen LogP contribution in [-0.2, 0) is 17.9 Å². The lowest BCUT2D eigenvalue weighted by atomic mass is 10.1. The Bertz CT molecular complexity index is 938. The number of carbonyl (C=O) groups is 1. The van der Waals surface area contributed by atoms with Crippen molar-refractivity contribution in [1.82, 2.24) is 9.47 Å². The van der Waals surface area contributed by atoms with E-state index in [0.29, 0.717) is 6.54 Å². The second-order valence-corrected chi connectivity index (χ2v) is 7.42. The number of aryl methyl sites for hydroxylation is 1. The van der Waals surface area contributed by atoms with Crippen molar-refractivity contribution in [2.24, 2.45) is 0 Å². The first kappa shape index (κ1) is 19.7. The monoisotopic (exact) mass is 372 g/mol. The number of carbonyl (C=O) groups excluding carboxylic acids is 1. The van der Waals surface area contributed by atoms with E-state index >= 15 is 0 Å². The molecule has 0 unspecified atom stereocenters. The van der Waals surface area contributed by atoms with Gasteiger partial charge in [-0.25, -0.2) is 0 Å². The Labute approximate surface area is 167 Å². The predicted molar refractivity (Wildman–Crippen MR) is 116 cm³/mol. The van der Waals surface area contributed by atoms with E-state index in [1.165, 1.54) is 11.1 Å². The van der Waals surface area contributed by atoms with Gasteiger partial charge in [-0.2, -0.15) is 0 Å². The summed E-state index contributed by atoms with van der Waals surface area (Å²) < 4.78 is 2.22. The summed E-state index contributed by atoms with van der Waals surface area (Å²) in [6, 6.07) is 22.7. The van der Waals surface area contributed by atoms with Crippen LogP contribution in [0.2, 0.25) is 0 Å². The maximum Gasteiger partial charge on any atom is 0.247 e. The minimum atomic E-state index is 0.0298. The van der Waals surface area contributed by atoms with Crippen LogP contribution >= 0.6 is 0 Å². The van der Waals surface area contributed by atoms with Gasteiger partial charge in [0.2, 0.25) is 5.91 Å². The van der Waals surface area contributed by atoms with Crippen LogP contribution in [0.4, 0.5) is 0 Å².